The lowest BCUT2D eigenvalue weighted by atomic mass is 10.3. The number of anilines is 1. The average molecular weight is 314 g/mol. The Balaban J connectivity index is 2.54. The Morgan fingerprint density at radius 3 is 2.75 bits per heavy atom. The largest absolute Gasteiger partial charge is 0.411 e. The third-order valence-corrected chi connectivity index (χ3v) is 2.34. The Bertz CT molecular complexity index is 485. The van der Waals surface area contributed by atoms with Crippen LogP contribution in [0.4, 0.5) is 24.7 Å². The number of halogens is 4. The molecule has 1 N–H and O–H groups in total. The van der Waals surface area contributed by atoms with Crippen LogP contribution in [-0.4, -0.2) is 35.3 Å². The van der Waals surface area contributed by atoms with Gasteiger partial charge >= 0.3 is 6.18 Å². The molecule has 0 fully saturated rings. The summed E-state index contributed by atoms with van der Waals surface area (Å²) in [7, 11) is 0. The summed E-state index contributed by atoms with van der Waals surface area (Å²) in [6, 6.07) is 0.601. The van der Waals surface area contributed by atoms with Crippen LogP contribution >= 0.6 is 11.6 Å². The van der Waals surface area contributed by atoms with Gasteiger partial charge in [0.25, 0.3) is 5.69 Å². The van der Waals surface area contributed by atoms with Crippen LogP contribution in [-0.2, 0) is 4.74 Å². The van der Waals surface area contributed by atoms with E-state index < -0.39 is 23.7 Å². The molecule has 1 heterocycles. The lowest BCUT2D eigenvalue weighted by molar-refractivity contribution is -0.385. The fourth-order valence-electron chi connectivity index (χ4n) is 1.26. The molecule has 0 bridgehead atoms. The number of hydrogen-bond donors (Lipinski definition) is 1. The first-order valence-corrected chi connectivity index (χ1v) is 5.78. The van der Waals surface area contributed by atoms with Crippen molar-refractivity contribution in [3.63, 3.8) is 0 Å². The van der Waals surface area contributed by atoms with Crippen LogP contribution in [0, 0.1) is 10.1 Å². The monoisotopic (exact) mass is 313 g/mol. The van der Waals surface area contributed by atoms with Gasteiger partial charge in [0, 0.05) is 12.1 Å². The van der Waals surface area contributed by atoms with Gasteiger partial charge in [-0.2, -0.15) is 13.2 Å². The zero-order chi connectivity index (χ0) is 15.3. The molecular weight excluding hydrogens is 303 g/mol. The fourth-order valence-corrected chi connectivity index (χ4v) is 1.48. The third kappa shape index (κ3) is 5.57. The first kappa shape index (κ1) is 16.4. The van der Waals surface area contributed by atoms with Crippen molar-refractivity contribution in [3.05, 3.63) is 27.4 Å². The van der Waals surface area contributed by atoms with Gasteiger partial charge in [-0.05, 0) is 6.92 Å². The molecule has 10 heteroatoms. The number of rotatable bonds is 6. The maximum atomic E-state index is 11.9. The molecule has 1 aromatic rings. The molecule has 0 saturated carbocycles. The quantitative estimate of drug-likeness (QED) is 0.645. The number of alkyl halides is 3. The van der Waals surface area contributed by atoms with Crippen LogP contribution in [0.2, 0.25) is 5.02 Å². The number of aromatic nitrogens is 1. The van der Waals surface area contributed by atoms with Gasteiger partial charge in [0.1, 0.15) is 18.6 Å². The van der Waals surface area contributed by atoms with E-state index in [4.69, 9.17) is 11.6 Å². The maximum absolute atomic E-state index is 11.9. The SMILES string of the molecule is C[C@@H](COCC(F)(F)F)Nc1ncc([N+](=O)[O-])cc1Cl. The number of nitrogens with zero attached hydrogens (tertiary/aromatic N) is 2. The number of nitrogens with one attached hydrogen (secondary N) is 1. The maximum Gasteiger partial charge on any atom is 0.411 e. The second kappa shape index (κ2) is 6.71. The molecule has 0 aromatic carbocycles. The first-order chi connectivity index (χ1) is 9.19. The van der Waals surface area contributed by atoms with E-state index in [1.54, 1.807) is 6.92 Å². The summed E-state index contributed by atoms with van der Waals surface area (Å²) in [5.41, 5.74) is -0.276. The molecule has 0 amide bonds. The standard InChI is InChI=1S/C10H11ClF3N3O3/c1-6(4-20-5-10(12,13)14)16-9-8(11)2-7(3-15-9)17(18)19/h2-3,6H,4-5H2,1H3,(H,15,16)/t6-/m0/s1. The molecule has 1 atom stereocenters. The number of ether oxygens (including phenoxy) is 1. The third-order valence-electron chi connectivity index (χ3n) is 2.05. The van der Waals surface area contributed by atoms with Gasteiger partial charge < -0.3 is 10.1 Å². The minimum Gasteiger partial charge on any atom is -0.370 e. The lowest BCUT2D eigenvalue weighted by Gasteiger charge is -2.16. The molecule has 6 nitrogen and oxygen atoms in total. The zero-order valence-electron chi connectivity index (χ0n) is 10.3. The molecule has 112 valence electrons. The Labute approximate surface area is 117 Å². The summed E-state index contributed by atoms with van der Waals surface area (Å²) < 4.78 is 40.1. The van der Waals surface area contributed by atoms with Gasteiger partial charge in [0.2, 0.25) is 0 Å². The highest BCUT2D eigenvalue weighted by Gasteiger charge is 2.27. The average Bonchev–Trinajstić information content (AvgIpc) is 2.29. The highest BCUT2D eigenvalue weighted by molar-refractivity contribution is 6.33. The molecule has 0 saturated heterocycles. The van der Waals surface area contributed by atoms with Crippen molar-refractivity contribution in [2.45, 2.75) is 19.1 Å². The summed E-state index contributed by atoms with van der Waals surface area (Å²) in [6.45, 7) is 0.00471. The van der Waals surface area contributed by atoms with E-state index in [9.17, 15) is 23.3 Å². The highest BCUT2D eigenvalue weighted by atomic mass is 35.5. The van der Waals surface area contributed by atoms with E-state index in [2.05, 4.69) is 15.0 Å². The van der Waals surface area contributed by atoms with E-state index in [1.807, 2.05) is 0 Å². The first-order valence-electron chi connectivity index (χ1n) is 5.40. The number of nitro groups is 1. The van der Waals surface area contributed by atoms with Crippen LogP contribution in [0.3, 0.4) is 0 Å². The van der Waals surface area contributed by atoms with Crippen LogP contribution in [0.1, 0.15) is 6.92 Å². The molecule has 1 rings (SSSR count). The second-order valence-electron chi connectivity index (χ2n) is 3.96. The number of hydrogen-bond acceptors (Lipinski definition) is 5. The molecule has 0 unspecified atom stereocenters. The predicted octanol–water partition coefficient (Wildman–Crippen LogP) is 3.02. The minimum atomic E-state index is -4.39. The molecule has 0 radical (unpaired) electrons. The van der Waals surface area contributed by atoms with E-state index in [-0.39, 0.29) is 23.1 Å². The number of pyridine rings is 1. The van der Waals surface area contributed by atoms with Crippen molar-refractivity contribution in [2.75, 3.05) is 18.5 Å². The second-order valence-corrected chi connectivity index (χ2v) is 4.36. The minimum absolute atomic E-state index is 0.00173. The topological polar surface area (TPSA) is 77.3 Å². The predicted molar refractivity (Wildman–Crippen MR) is 65.9 cm³/mol. The van der Waals surface area contributed by atoms with E-state index in [1.165, 1.54) is 0 Å². The summed E-state index contributed by atoms with van der Waals surface area (Å²) in [6.07, 6.45) is -3.39. The van der Waals surface area contributed by atoms with Crippen molar-refractivity contribution >= 4 is 23.1 Å². The Morgan fingerprint density at radius 1 is 1.60 bits per heavy atom. The van der Waals surface area contributed by atoms with E-state index in [0.29, 0.717) is 0 Å². The summed E-state index contributed by atoms with van der Waals surface area (Å²) in [5, 5.41) is 13.2. The molecule has 0 spiro atoms. The van der Waals surface area contributed by atoms with Crippen molar-refractivity contribution in [3.8, 4) is 0 Å². The van der Waals surface area contributed by atoms with Gasteiger partial charge in [-0.25, -0.2) is 4.98 Å². The fraction of sp³-hybridized carbons (Fsp3) is 0.500. The lowest BCUT2D eigenvalue weighted by Crippen LogP contribution is -2.26. The van der Waals surface area contributed by atoms with Crippen molar-refractivity contribution in [1.82, 2.24) is 4.98 Å². The van der Waals surface area contributed by atoms with Crippen molar-refractivity contribution in [1.29, 1.82) is 0 Å². The summed E-state index contributed by atoms with van der Waals surface area (Å²) >= 11 is 5.77. The molecule has 20 heavy (non-hydrogen) atoms. The molecule has 0 aliphatic rings. The van der Waals surface area contributed by atoms with Crippen LogP contribution in [0.5, 0.6) is 0 Å². The molecule has 0 aliphatic heterocycles. The van der Waals surface area contributed by atoms with Gasteiger partial charge in [-0.1, -0.05) is 11.6 Å². The smallest absolute Gasteiger partial charge is 0.370 e. The van der Waals surface area contributed by atoms with Crippen LogP contribution in [0.25, 0.3) is 0 Å². The Kier molecular flexibility index (Phi) is 5.52. The molecule has 1 aromatic heterocycles. The molecule has 0 aliphatic carbocycles. The summed E-state index contributed by atoms with van der Waals surface area (Å²) in [4.78, 5) is 13.6. The van der Waals surface area contributed by atoms with E-state index >= 15 is 0 Å². The Morgan fingerprint density at radius 2 is 2.25 bits per heavy atom. The van der Waals surface area contributed by atoms with Gasteiger partial charge in [0.05, 0.1) is 16.6 Å². The highest BCUT2D eigenvalue weighted by Crippen LogP contribution is 2.24. The molecular formula is C10H11ClF3N3O3. The van der Waals surface area contributed by atoms with Crippen LogP contribution < -0.4 is 5.32 Å². The van der Waals surface area contributed by atoms with Crippen molar-refractivity contribution < 1.29 is 22.8 Å². The van der Waals surface area contributed by atoms with Gasteiger partial charge in [0.15, 0.2) is 0 Å². The van der Waals surface area contributed by atoms with E-state index in [0.717, 1.165) is 12.3 Å². The Hall–Kier alpha value is -1.61. The van der Waals surface area contributed by atoms with Gasteiger partial charge in [-0.3, -0.25) is 10.1 Å². The van der Waals surface area contributed by atoms with Crippen LogP contribution in [0.15, 0.2) is 12.3 Å². The van der Waals surface area contributed by atoms with Gasteiger partial charge in [-0.15, -0.1) is 0 Å². The van der Waals surface area contributed by atoms with Crippen molar-refractivity contribution in [2.24, 2.45) is 0 Å². The zero-order valence-corrected chi connectivity index (χ0v) is 11.0. The summed E-state index contributed by atoms with van der Waals surface area (Å²) in [5.74, 6) is 0.139. The normalized spacial score (nSPS) is 13.1.